The van der Waals surface area contributed by atoms with Crippen LogP contribution >= 0.6 is 11.3 Å². The van der Waals surface area contributed by atoms with E-state index in [1.165, 1.54) is 30.7 Å². The van der Waals surface area contributed by atoms with E-state index in [4.69, 9.17) is 0 Å². The lowest BCUT2D eigenvalue weighted by Gasteiger charge is -2.51. The molecule has 1 spiro atoms. The van der Waals surface area contributed by atoms with Gasteiger partial charge in [-0.3, -0.25) is 4.90 Å². The van der Waals surface area contributed by atoms with E-state index in [1.807, 2.05) is 11.3 Å². The third-order valence-corrected chi connectivity index (χ3v) is 5.63. The minimum atomic E-state index is 0.222. The van der Waals surface area contributed by atoms with Crippen LogP contribution in [0.3, 0.4) is 0 Å². The molecule has 19 heavy (non-hydrogen) atoms. The van der Waals surface area contributed by atoms with Gasteiger partial charge in [-0.2, -0.15) is 0 Å². The van der Waals surface area contributed by atoms with Crippen LogP contribution in [0.4, 0.5) is 0 Å². The molecule has 0 bridgehead atoms. The number of hydrogen-bond donors (Lipinski definition) is 1. The molecule has 3 nitrogen and oxygen atoms in total. The van der Waals surface area contributed by atoms with E-state index in [9.17, 15) is 0 Å². The van der Waals surface area contributed by atoms with Gasteiger partial charge < -0.3 is 5.32 Å². The lowest BCUT2D eigenvalue weighted by atomic mass is 9.87. The van der Waals surface area contributed by atoms with Crippen LogP contribution in [0.1, 0.15) is 50.2 Å². The maximum Gasteiger partial charge on any atom is 0.107 e. The number of aryl methyl sites for hydroxylation is 1. The zero-order chi connectivity index (χ0) is 13.5. The molecule has 0 amide bonds. The second kappa shape index (κ2) is 4.83. The molecule has 3 rings (SSSR count). The summed E-state index contributed by atoms with van der Waals surface area (Å²) in [4.78, 5) is 7.38. The fourth-order valence-corrected chi connectivity index (χ4v) is 4.39. The molecule has 1 aliphatic carbocycles. The number of nitrogens with one attached hydrogen (secondary N) is 1. The summed E-state index contributed by atoms with van der Waals surface area (Å²) in [6.07, 6.45) is 5.46. The molecule has 0 radical (unpaired) electrons. The molecule has 1 saturated heterocycles. The van der Waals surface area contributed by atoms with Crippen molar-refractivity contribution in [2.45, 2.75) is 64.1 Å². The van der Waals surface area contributed by atoms with Crippen LogP contribution in [-0.4, -0.2) is 34.1 Å². The van der Waals surface area contributed by atoms with Crippen LogP contribution < -0.4 is 5.32 Å². The SMILES string of the molecule is Cc1csc(CN2CC(C)(C)NCC23CCCC3)n1. The Morgan fingerprint density at radius 1 is 1.37 bits per heavy atom. The maximum absolute atomic E-state index is 4.66. The van der Waals surface area contributed by atoms with Crippen molar-refractivity contribution in [3.8, 4) is 0 Å². The molecule has 1 aromatic heterocycles. The van der Waals surface area contributed by atoms with Gasteiger partial charge in [-0.1, -0.05) is 12.8 Å². The molecule has 1 aromatic rings. The fraction of sp³-hybridized carbons (Fsp3) is 0.800. The lowest BCUT2D eigenvalue weighted by Crippen LogP contribution is -2.66. The summed E-state index contributed by atoms with van der Waals surface area (Å²) in [6, 6.07) is 0. The minimum Gasteiger partial charge on any atom is -0.309 e. The van der Waals surface area contributed by atoms with Gasteiger partial charge in [0.25, 0.3) is 0 Å². The maximum atomic E-state index is 4.66. The highest BCUT2D eigenvalue weighted by Gasteiger charge is 2.45. The molecule has 2 aliphatic rings. The van der Waals surface area contributed by atoms with Crippen molar-refractivity contribution in [1.82, 2.24) is 15.2 Å². The Morgan fingerprint density at radius 3 is 2.74 bits per heavy atom. The Balaban J connectivity index is 1.81. The molecule has 2 heterocycles. The van der Waals surface area contributed by atoms with E-state index in [-0.39, 0.29) is 5.54 Å². The summed E-state index contributed by atoms with van der Waals surface area (Å²) >= 11 is 1.81. The zero-order valence-corrected chi connectivity index (χ0v) is 13.1. The number of hydrogen-bond acceptors (Lipinski definition) is 4. The second-order valence-electron chi connectivity index (χ2n) is 6.91. The van der Waals surface area contributed by atoms with E-state index in [2.05, 4.69) is 41.4 Å². The van der Waals surface area contributed by atoms with Crippen molar-refractivity contribution in [1.29, 1.82) is 0 Å². The van der Waals surface area contributed by atoms with Crippen molar-refractivity contribution in [3.05, 3.63) is 16.1 Å². The predicted molar refractivity (Wildman–Crippen MR) is 80.5 cm³/mol. The Bertz CT molecular complexity index is 446. The largest absolute Gasteiger partial charge is 0.309 e. The molecule has 0 atom stereocenters. The molecule has 1 aliphatic heterocycles. The average molecular weight is 279 g/mol. The summed E-state index contributed by atoms with van der Waals surface area (Å²) in [5, 5.41) is 7.20. The zero-order valence-electron chi connectivity index (χ0n) is 12.3. The summed E-state index contributed by atoms with van der Waals surface area (Å²) in [5.41, 5.74) is 1.78. The van der Waals surface area contributed by atoms with Gasteiger partial charge in [-0.25, -0.2) is 4.98 Å². The standard InChI is InChI=1S/C15H25N3S/c1-12-9-19-13(17-12)8-18-11-14(2,3)16-10-15(18)6-4-5-7-15/h9,16H,4-8,10-11H2,1-3H3. The summed E-state index contributed by atoms with van der Waals surface area (Å²) in [6.45, 7) is 10.0. The Hall–Kier alpha value is -0.450. The first-order chi connectivity index (χ1) is 8.99. The van der Waals surface area contributed by atoms with Gasteiger partial charge in [-0.05, 0) is 33.6 Å². The highest BCUT2D eigenvalue weighted by Crippen LogP contribution is 2.39. The first-order valence-electron chi connectivity index (χ1n) is 7.40. The van der Waals surface area contributed by atoms with Crippen LogP contribution in [0.5, 0.6) is 0 Å². The van der Waals surface area contributed by atoms with Gasteiger partial charge in [0.1, 0.15) is 5.01 Å². The number of nitrogens with zero attached hydrogens (tertiary/aromatic N) is 2. The highest BCUT2D eigenvalue weighted by atomic mass is 32.1. The van der Waals surface area contributed by atoms with Crippen molar-refractivity contribution in [2.24, 2.45) is 0 Å². The van der Waals surface area contributed by atoms with E-state index in [1.54, 1.807) is 0 Å². The Morgan fingerprint density at radius 2 is 2.11 bits per heavy atom. The highest BCUT2D eigenvalue weighted by molar-refractivity contribution is 7.09. The van der Waals surface area contributed by atoms with Gasteiger partial charge in [-0.15, -0.1) is 11.3 Å². The third kappa shape index (κ3) is 2.71. The summed E-state index contributed by atoms with van der Waals surface area (Å²) in [7, 11) is 0. The van der Waals surface area contributed by atoms with E-state index in [0.29, 0.717) is 5.54 Å². The van der Waals surface area contributed by atoms with Crippen LogP contribution in [-0.2, 0) is 6.54 Å². The van der Waals surface area contributed by atoms with Gasteiger partial charge in [0.2, 0.25) is 0 Å². The smallest absolute Gasteiger partial charge is 0.107 e. The number of thiazole rings is 1. The monoisotopic (exact) mass is 279 g/mol. The first-order valence-corrected chi connectivity index (χ1v) is 8.28. The fourth-order valence-electron chi connectivity index (χ4n) is 3.60. The molecule has 1 N–H and O–H groups in total. The van der Waals surface area contributed by atoms with Gasteiger partial charge in [0.15, 0.2) is 0 Å². The molecule has 106 valence electrons. The Kier molecular flexibility index (Phi) is 3.44. The van der Waals surface area contributed by atoms with E-state index < -0.39 is 0 Å². The minimum absolute atomic E-state index is 0.222. The molecule has 0 unspecified atom stereocenters. The van der Waals surface area contributed by atoms with Crippen LogP contribution in [0, 0.1) is 6.92 Å². The van der Waals surface area contributed by atoms with Gasteiger partial charge in [0, 0.05) is 35.2 Å². The van der Waals surface area contributed by atoms with Crippen LogP contribution in [0.15, 0.2) is 5.38 Å². The average Bonchev–Trinajstić information content (AvgIpc) is 2.95. The molecular formula is C15H25N3S. The predicted octanol–water partition coefficient (Wildman–Crippen LogP) is 2.95. The summed E-state index contributed by atoms with van der Waals surface area (Å²) in [5.74, 6) is 0. The third-order valence-electron chi connectivity index (χ3n) is 4.68. The first kappa shape index (κ1) is 13.5. The normalized spacial score (nSPS) is 26.1. The van der Waals surface area contributed by atoms with E-state index in [0.717, 1.165) is 25.3 Å². The van der Waals surface area contributed by atoms with Crippen LogP contribution in [0.25, 0.3) is 0 Å². The topological polar surface area (TPSA) is 28.2 Å². The van der Waals surface area contributed by atoms with Crippen molar-refractivity contribution in [2.75, 3.05) is 13.1 Å². The van der Waals surface area contributed by atoms with E-state index >= 15 is 0 Å². The lowest BCUT2D eigenvalue weighted by molar-refractivity contribution is 0.0121. The molecule has 1 saturated carbocycles. The van der Waals surface area contributed by atoms with Gasteiger partial charge in [0.05, 0.1) is 6.54 Å². The van der Waals surface area contributed by atoms with Gasteiger partial charge >= 0.3 is 0 Å². The molecule has 4 heteroatoms. The van der Waals surface area contributed by atoms with Crippen molar-refractivity contribution < 1.29 is 0 Å². The van der Waals surface area contributed by atoms with Crippen molar-refractivity contribution >= 4 is 11.3 Å². The Labute approximate surface area is 120 Å². The number of aromatic nitrogens is 1. The molecule has 0 aromatic carbocycles. The summed E-state index contributed by atoms with van der Waals surface area (Å²) < 4.78 is 0. The van der Waals surface area contributed by atoms with Crippen molar-refractivity contribution in [3.63, 3.8) is 0 Å². The second-order valence-corrected chi connectivity index (χ2v) is 7.85. The quantitative estimate of drug-likeness (QED) is 0.902. The molecule has 2 fully saturated rings. The van der Waals surface area contributed by atoms with Crippen LogP contribution in [0.2, 0.25) is 0 Å². The molecular weight excluding hydrogens is 254 g/mol. The number of piperazine rings is 1. The number of rotatable bonds is 2.